The Balaban J connectivity index is 1.87. The van der Waals surface area contributed by atoms with E-state index in [4.69, 9.17) is 11.6 Å². The molecule has 0 bridgehead atoms. The molecule has 0 saturated heterocycles. The summed E-state index contributed by atoms with van der Waals surface area (Å²) in [5.74, 6) is 6.75. The number of aliphatic hydroxyl groups excluding tert-OH is 1. The molecule has 0 aromatic carbocycles. The lowest BCUT2D eigenvalue weighted by Crippen LogP contribution is -2.44. The summed E-state index contributed by atoms with van der Waals surface area (Å²) in [4.78, 5) is 7.34. The third-order valence-corrected chi connectivity index (χ3v) is 4.31. The topological polar surface area (TPSA) is 104 Å². The van der Waals surface area contributed by atoms with Crippen molar-refractivity contribution in [3.63, 3.8) is 0 Å². The number of rotatable bonds is 3. The highest BCUT2D eigenvalue weighted by atomic mass is 16.3. The number of pyridine rings is 1. The number of aromatic nitrogens is 2. The maximum Gasteiger partial charge on any atom is 0.139 e. The smallest absolute Gasteiger partial charge is 0.139 e. The van der Waals surface area contributed by atoms with Crippen LogP contribution in [0, 0.1) is 5.92 Å². The number of nitrogens with zero attached hydrogens (tertiary/aromatic N) is 2. The number of nitrogens with two attached hydrogens (primary N) is 2. The summed E-state index contributed by atoms with van der Waals surface area (Å²) >= 11 is 0. The van der Waals surface area contributed by atoms with Gasteiger partial charge in [-0.15, -0.1) is 0 Å². The van der Waals surface area contributed by atoms with Crippen LogP contribution in [0.4, 0.5) is 11.4 Å². The van der Waals surface area contributed by atoms with Gasteiger partial charge in [0.05, 0.1) is 17.6 Å². The van der Waals surface area contributed by atoms with Crippen LogP contribution in [0.25, 0.3) is 11.0 Å². The Bertz CT molecular complexity index is 588. The van der Waals surface area contributed by atoms with Crippen molar-refractivity contribution < 1.29 is 5.11 Å². The predicted octanol–water partition coefficient (Wildman–Crippen LogP) is 1.38. The van der Waals surface area contributed by atoms with Crippen molar-refractivity contribution >= 4 is 22.4 Å². The summed E-state index contributed by atoms with van der Waals surface area (Å²) in [5.41, 5.74) is 8.32. The number of hydrogen-bond acceptors (Lipinski definition) is 5. The number of fused-ring (bicyclic) bond motifs is 1. The molecule has 0 aliphatic heterocycles. The molecule has 1 aliphatic carbocycles. The van der Waals surface area contributed by atoms with E-state index in [1.54, 1.807) is 11.2 Å². The number of aliphatic hydroxyl groups is 1. The molecule has 0 radical (unpaired) electrons. The lowest BCUT2D eigenvalue weighted by atomic mass is 9.86. The van der Waals surface area contributed by atoms with Crippen molar-refractivity contribution in [3.05, 3.63) is 18.5 Å². The van der Waals surface area contributed by atoms with Gasteiger partial charge >= 0.3 is 0 Å². The molecule has 1 fully saturated rings. The zero-order valence-corrected chi connectivity index (χ0v) is 11.4. The molecule has 2 aromatic rings. The third-order valence-electron chi connectivity index (χ3n) is 4.31. The third kappa shape index (κ3) is 2.21. The molecule has 0 atom stereocenters. The van der Waals surface area contributed by atoms with E-state index in [2.05, 4.69) is 9.97 Å². The van der Waals surface area contributed by atoms with Gasteiger partial charge in [-0.3, -0.25) is 0 Å². The maximum atomic E-state index is 9.21. The molecule has 20 heavy (non-hydrogen) atoms. The summed E-state index contributed by atoms with van der Waals surface area (Å²) in [5, 5.41) is 12.0. The molecule has 108 valence electrons. The van der Waals surface area contributed by atoms with Crippen LogP contribution in [0.2, 0.25) is 0 Å². The number of nitrogen functional groups attached to an aromatic ring is 1. The molecule has 6 nitrogen and oxygen atoms in total. The lowest BCUT2D eigenvalue weighted by Gasteiger charge is -2.35. The number of nitrogens with one attached hydrogen (secondary N) is 1. The van der Waals surface area contributed by atoms with Gasteiger partial charge in [0.15, 0.2) is 0 Å². The van der Waals surface area contributed by atoms with E-state index in [0.29, 0.717) is 11.6 Å². The van der Waals surface area contributed by atoms with Crippen molar-refractivity contribution in [3.8, 4) is 0 Å². The largest absolute Gasteiger partial charge is 0.396 e. The second kappa shape index (κ2) is 5.30. The zero-order chi connectivity index (χ0) is 14.1. The van der Waals surface area contributed by atoms with E-state index in [0.717, 1.165) is 42.4 Å². The molecule has 6 heteroatoms. The molecule has 2 heterocycles. The van der Waals surface area contributed by atoms with Crippen LogP contribution in [0.15, 0.2) is 18.5 Å². The van der Waals surface area contributed by atoms with Gasteiger partial charge in [0.2, 0.25) is 0 Å². The number of anilines is 2. The fourth-order valence-corrected chi connectivity index (χ4v) is 3.09. The van der Waals surface area contributed by atoms with Crippen molar-refractivity contribution in [2.24, 2.45) is 11.8 Å². The van der Waals surface area contributed by atoms with Crippen LogP contribution >= 0.6 is 0 Å². The van der Waals surface area contributed by atoms with Gasteiger partial charge in [-0.2, -0.15) is 0 Å². The van der Waals surface area contributed by atoms with Crippen LogP contribution in [-0.4, -0.2) is 27.7 Å². The number of hydrogen-bond donors (Lipinski definition) is 4. The van der Waals surface area contributed by atoms with Gasteiger partial charge in [0.25, 0.3) is 0 Å². The fourth-order valence-electron chi connectivity index (χ4n) is 3.09. The van der Waals surface area contributed by atoms with E-state index in [1.807, 2.05) is 12.3 Å². The first kappa shape index (κ1) is 13.2. The fraction of sp³-hybridized carbons (Fsp3) is 0.500. The van der Waals surface area contributed by atoms with E-state index in [-0.39, 0.29) is 12.6 Å². The van der Waals surface area contributed by atoms with E-state index < -0.39 is 0 Å². The molecule has 3 rings (SSSR count). The quantitative estimate of drug-likeness (QED) is 0.500. The van der Waals surface area contributed by atoms with Gasteiger partial charge in [-0.25, -0.2) is 10.8 Å². The maximum absolute atomic E-state index is 9.21. The van der Waals surface area contributed by atoms with Gasteiger partial charge in [0.1, 0.15) is 5.65 Å². The summed E-state index contributed by atoms with van der Waals surface area (Å²) in [6, 6.07) is 2.22. The lowest BCUT2D eigenvalue weighted by molar-refractivity contribution is 0.181. The first-order chi connectivity index (χ1) is 9.70. The molecule has 2 aromatic heterocycles. The van der Waals surface area contributed by atoms with Crippen molar-refractivity contribution in [1.29, 1.82) is 0 Å². The summed E-state index contributed by atoms with van der Waals surface area (Å²) < 4.78 is 0. The highest BCUT2D eigenvalue weighted by Crippen LogP contribution is 2.34. The van der Waals surface area contributed by atoms with Crippen molar-refractivity contribution in [2.75, 3.05) is 17.3 Å². The molecule has 1 aliphatic rings. The Hall–Kier alpha value is -1.79. The Kier molecular flexibility index (Phi) is 3.50. The van der Waals surface area contributed by atoms with E-state index in [1.165, 1.54) is 0 Å². The summed E-state index contributed by atoms with van der Waals surface area (Å²) in [7, 11) is 0. The minimum absolute atomic E-state index is 0.264. The molecule has 1 saturated carbocycles. The SMILES string of the molecule is Nc1cnc2[nH]ccc2c1N(N)C1CCC(CO)CC1. The number of hydrazine groups is 1. The van der Waals surface area contributed by atoms with Crippen molar-refractivity contribution in [1.82, 2.24) is 9.97 Å². The first-order valence-corrected chi connectivity index (χ1v) is 7.07. The Labute approximate surface area is 117 Å². The number of aromatic amines is 1. The van der Waals surface area contributed by atoms with Crippen LogP contribution in [0.1, 0.15) is 25.7 Å². The van der Waals surface area contributed by atoms with Crippen LogP contribution in [0.5, 0.6) is 0 Å². The second-order valence-electron chi connectivity index (χ2n) is 5.57. The molecule has 0 unspecified atom stereocenters. The Morgan fingerprint density at radius 2 is 2.10 bits per heavy atom. The van der Waals surface area contributed by atoms with E-state index in [9.17, 15) is 5.11 Å². The standard InChI is InChI=1S/C14H21N5O/c15-12-7-18-14-11(5-6-17-14)13(12)19(16)10-3-1-9(8-20)2-4-10/h5-7,9-10,20H,1-4,8,15-16H2,(H,17,18). The molecule has 6 N–H and O–H groups in total. The average Bonchev–Trinajstić information content (AvgIpc) is 2.95. The van der Waals surface area contributed by atoms with Crippen LogP contribution in [0.3, 0.4) is 0 Å². The highest BCUT2D eigenvalue weighted by Gasteiger charge is 2.26. The Morgan fingerprint density at radius 3 is 2.80 bits per heavy atom. The zero-order valence-electron chi connectivity index (χ0n) is 11.4. The highest BCUT2D eigenvalue weighted by molar-refractivity contribution is 5.96. The summed E-state index contributed by atoms with van der Waals surface area (Å²) in [6.45, 7) is 0.275. The van der Waals surface area contributed by atoms with Gasteiger partial charge in [0, 0.05) is 24.2 Å². The Morgan fingerprint density at radius 1 is 1.35 bits per heavy atom. The van der Waals surface area contributed by atoms with Gasteiger partial charge in [-0.1, -0.05) is 0 Å². The normalized spacial score (nSPS) is 23.1. The predicted molar refractivity (Wildman–Crippen MR) is 80.0 cm³/mol. The molecular formula is C14H21N5O. The van der Waals surface area contributed by atoms with Crippen molar-refractivity contribution in [2.45, 2.75) is 31.7 Å². The molecule has 0 amide bonds. The van der Waals surface area contributed by atoms with Crippen LogP contribution in [-0.2, 0) is 0 Å². The minimum Gasteiger partial charge on any atom is -0.396 e. The van der Waals surface area contributed by atoms with Gasteiger partial charge < -0.3 is 20.8 Å². The molecule has 0 spiro atoms. The van der Waals surface area contributed by atoms with Crippen LogP contribution < -0.4 is 16.6 Å². The van der Waals surface area contributed by atoms with Gasteiger partial charge in [-0.05, 0) is 37.7 Å². The minimum atomic E-state index is 0.264. The second-order valence-corrected chi connectivity index (χ2v) is 5.57. The number of H-pyrrole nitrogens is 1. The summed E-state index contributed by atoms with van der Waals surface area (Å²) in [6.07, 6.45) is 7.47. The molecular weight excluding hydrogens is 254 g/mol. The van der Waals surface area contributed by atoms with E-state index >= 15 is 0 Å². The average molecular weight is 275 g/mol. The first-order valence-electron chi connectivity index (χ1n) is 7.07. The monoisotopic (exact) mass is 275 g/mol.